The zero-order valence-electron chi connectivity index (χ0n) is 24.1. The quantitative estimate of drug-likeness (QED) is 0.391. The van der Waals surface area contributed by atoms with Crippen molar-refractivity contribution in [2.45, 2.75) is 89.7 Å². The van der Waals surface area contributed by atoms with Crippen molar-refractivity contribution in [3.63, 3.8) is 0 Å². The highest BCUT2D eigenvalue weighted by molar-refractivity contribution is 5.85. The first kappa shape index (κ1) is 28.0. The number of amides is 2. The summed E-state index contributed by atoms with van der Waals surface area (Å²) in [6.07, 6.45) is 9.77. The summed E-state index contributed by atoms with van der Waals surface area (Å²) in [5.41, 5.74) is -0.485. The maximum absolute atomic E-state index is 13.0. The Morgan fingerprint density at radius 2 is 1.95 bits per heavy atom. The summed E-state index contributed by atoms with van der Waals surface area (Å²) in [5.74, 6) is -0.594. The number of rotatable bonds is 4. The summed E-state index contributed by atoms with van der Waals surface area (Å²) in [6, 6.07) is 0.261. The Balaban J connectivity index is 1.20. The number of nitrogens with zero attached hydrogens (tertiary/aromatic N) is 1. The summed E-state index contributed by atoms with van der Waals surface area (Å²) in [7, 11) is 0. The van der Waals surface area contributed by atoms with Crippen LogP contribution in [-0.2, 0) is 14.3 Å². The molecule has 5 fully saturated rings. The molecule has 0 aromatic rings. The highest BCUT2D eigenvalue weighted by atomic mass is 16.5. The number of carboxylic acids is 1. The highest BCUT2D eigenvalue weighted by Gasteiger charge is 2.70. The number of carboxylic acid groups (broad SMARTS) is 1. The van der Waals surface area contributed by atoms with E-state index in [1.807, 2.05) is 4.90 Å². The minimum atomic E-state index is -0.965. The Kier molecular flexibility index (Phi) is 7.21. The highest BCUT2D eigenvalue weighted by Crippen LogP contribution is 2.71. The number of hydrogen-bond donors (Lipinski definition) is 4. The Morgan fingerprint density at radius 1 is 1.12 bits per heavy atom. The predicted molar refractivity (Wildman–Crippen MR) is 148 cm³/mol. The molecule has 0 radical (unpaired) electrons. The van der Waals surface area contributed by atoms with Gasteiger partial charge >= 0.3 is 18.0 Å². The van der Waals surface area contributed by atoms with Crippen LogP contribution in [0.1, 0.15) is 78.1 Å². The summed E-state index contributed by atoms with van der Waals surface area (Å²) in [6.45, 7) is 8.14. The zero-order chi connectivity index (χ0) is 28.3. The lowest BCUT2D eigenvalue weighted by molar-refractivity contribution is -0.204. The number of cyclic esters (lactones) is 1. The molecule has 40 heavy (non-hydrogen) atoms. The van der Waals surface area contributed by atoms with Crippen molar-refractivity contribution in [3.05, 3.63) is 11.6 Å². The molecule has 2 heterocycles. The molecule has 1 saturated heterocycles. The fourth-order valence-corrected chi connectivity index (χ4v) is 10.6. The minimum absolute atomic E-state index is 0.000164. The number of aliphatic carboxylic acids is 1. The number of nitrogens with one attached hydrogen (secondary N) is 2. The molecule has 0 spiro atoms. The third kappa shape index (κ3) is 4.46. The van der Waals surface area contributed by atoms with Gasteiger partial charge in [0.15, 0.2) is 0 Å². The maximum Gasteiger partial charge on any atom is 0.331 e. The van der Waals surface area contributed by atoms with Crippen LogP contribution in [0.5, 0.6) is 0 Å². The molecule has 0 bridgehead atoms. The lowest BCUT2D eigenvalue weighted by atomic mass is 9.43. The van der Waals surface area contributed by atoms with E-state index in [2.05, 4.69) is 24.5 Å². The Labute approximate surface area is 237 Å². The summed E-state index contributed by atoms with van der Waals surface area (Å²) in [5, 5.41) is 29.2. The normalized spacial score (nSPS) is 44.9. The molecule has 222 valence electrons. The van der Waals surface area contributed by atoms with Crippen molar-refractivity contribution in [2.24, 2.45) is 40.4 Å². The average molecular weight is 558 g/mol. The Bertz CT molecular complexity index is 1070. The number of hydrogen-bond acceptors (Lipinski definition) is 6. The maximum atomic E-state index is 13.0. The first-order valence-electron chi connectivity index (χ1n) is 15.6. The monoisotopic (exact) mass is 557 g/mol. The van der Waals surface area contributed by atoms with E-state index in [4.69, 9.17) is 4.74 Å². The van der Waals surface area contributed by atoms with E-state index in [-0.39, 0.29) is 54.2 Å². The first-order valence-corrected chi connectivity index (χ1v) is 15.6. The minimum Gasteiger partial charge on any atom is -0.481 e. The largest absolute Gasteiger partial charge is 0.481 e. The number of carbonyl (C=O) groups is 3. The first-order chi connectivity index (χ1) is 19.0. The van der Waals surface area contributed by atoms with Crippen LogP contribution in [-0.4, -0.2) is 77.5 Å². The smallest absolute Gasteiger partial charge is 0.331 e. The molecule has 4 N–H and O–H groups in total. The molecular formula is C31H47N3O6. The molecule has 2 amide bonds. The van der Waals surface area contributed by atoms with Gasteiger partial charge in [-0.2, -0.15) is 0 Å². The van der Waals surface area contributed by atoms with Crippen LogP contribution in [0.2, 0.25) is 0 Å². The second kappa shape index (κ2) is 10.3. The lowest BCUT2D eigenvalue weighted by Crippen LogP contribution is -2.63. The lowest BCUT2D eigenvalue weighted by Gasteiger charge is -2.63. The van der Waals surface area contributed by atoms with E-state index in [9.17, 15) is 24.6 Å². The third-order valence-electron chi connectivity index (χ3n) is 12.5. The summed E-state index contributed by atoms with van der Waals surface area (Å²) >= 11 is 0. The van der Waals surface area contributed by atoms with Crippen LogP contribution in [0.4, 0.5) is 4.79 Å². The van der Waals surface area contributed by atoms with E-state index < -0.39 is 17.0 Å². The van der Waals surface area contributed by atoms with Gasteiger partial charge in [-0.15, -0.1) is 0 Å². The molecule has 9 atom stereocenters. The van der Waals surface area contributed by atoms with Gasteiger partial charge in [0.1, 0.15) is 6.61 Å². The number of esters is 1. The van der Waals surface area contributed by atoms with E-state index in [1.165, 1.54) is 0 Å². The van der Waals surface area contributed by atoms with E-state index in [1.54, 1.807) is 6.08 Å². The molecule has 4 aliphatic carbocycles. The third-order valence-corrected chi connectivity index (χ3v) is 12.5. The van der Waals surface area contributed by atoms with Crippen LogP contribution < -0.4 is 10.6 Å². The van der Waals surface area contributed by atoms with Crippen molar-refractivity contribution >= 4 is 18.0 Å². The molecule has 9 heteroatoms. The molecule has 6 rings (SSSR count). The van der Waals surface area contributed by atoms with Gasteiger partial charge in [0, 0.05) is 43.6 Å². The molecule has 4 saturated carbocycles. The van der Waals surface area contributed by atoms with Crippen molar-refractivity contribution < 1.29 is 29.3 Å². The topological polar surface area (TPSA) is 128 Å². The van der Waals surface area contributed by atoms with Crippen molar-refractivity contribution in [2.75, 3.05) is 32.8 Å². The number of urea groups is 1. The van der Waals surface area contributed by atoms with E-state index >= 15 is 0 Å². The van der Waals surface area contributed by atoms with Gasteiger partial charge in [-0.1, -0.05) is 13.8 Å². The van der Waals surface area contributed by atoms with Gasteiger partial charge in [-0.25, -0.2) is 9.59 Å². The van der Waals surface area contributed by atoms with Crippen molar-refractivity contribution in [3.8, 4) is 0 Å². The number of fused-ring (bicyclic) bond motifs is 5. The fourth-order valence-electron chi connectivity index (χ4n) is 10.6. The number of ether oxygens (including phenoxy) is 1. The van der Waals surface area contributed by atoms with Crippen molar-refractivity contribution in [1.82, 2.24) is 15.5 Å². The second-order valence-corrected chi connectivity index (χ2v) is 14.3. The van der Waals surface area contributed by atoms with Gasteiger partial charge in [-0.05, 0) is 105 Å². The van der Waals surface area contributed by atoms with Crippen LogP contribution in [0.15, 0.2) is 11.6 Å². The van der Waals surface area contributed by atoms with Gasteiger partial charge in [-0.3, -0.25) is 4.79 Å². The molecule has 0 unspecified atom stereocenters. The van der Waals surface area contributed by atoms with Gasteiger partial charge in [0.2, 0.25) is 0 Å². The molecule has 0 aromatic heterocycles. The summed E-state index contributed by atoms with van der Waals surface area (Å²) in [4.78, 5) is 38.9. The Morgan fingerprint density at radius 3 is 2.70 bits per heavy atom. The second-order valence-electron chi connectivity index (χ2n) is 14.3. The van der Waals surface area contributed by atoms with Gasteiger partial charge in [0.25, 0.3) is 0 Å². The summed E-state index contributed by atoms with van der Waals surface area (Å²) < 4.78 is 5.27. The zero-order valence-corrected chi connectivity index (χ0v) is 24.1. The molecular weight excluding hydrogens is 510 g/mol. The molecule has 2 aliphatic heterocycles. The van der Waals surface area contributed by atoms with Gasteiger partial charge in [0.05, 0.1) is 5.60 Å². The van der Waals surface area contributed by atoms with E-state index in [0.29, 0.717) is 18.3 Å². The van der Waals surface area contributed by atoms with Crippen LogP contribution in [0, 0.1) is 40.4 Å². The number of carbonyl (C=O) groups excluding carboxylic acids is 2. The van der Waals surface area contributed by atoms with Gasteiger partial charge < -0.3 is 30.5 Å². The van der Waals surface area contributed by atoms with Crippen LogP contribution in [0.25, 0.3) is 0 Å². The Hall–Kier alpha value is -2.13. The number of aliphatic hydroxyl groups is 1. The predicted octanol–water partition coefficient (Wildman–Crippen LogP) is 3.32. The standard InChI is InChI=1S/C31H47N3O6/c1-29-8-6-22(33-28(38)34-12-3-10-32-11-13-34)16-21(29)4-5-24-23(29)7-9-30(2)27(20-15-26(37)40-18-20)19(14-25(35)36)17-31(24,30)39/h15,19,21-24,27,32,39H,3-14,16-18H2,1-2H3,(H,33,38)(H,35,36)/t19-,21-,22+,23+,24-,27-,29+,30-,31+/m1/s1. The van der Waals surface area contributed by atoms with E-state index in [0.717, 1.165) is 83.1 Å². The van der Waals surface area contributed by atoms with Crippen LogP contribution >= 0.6 is 0 Å². The molecule has 0 aromatic carbocycles. The fraction of sp³-hybridized carbons (Fsp3) is 0.839. The van der Waals surface area contributed by atoms with Crippen molar-refractivity contribution in [1.29, 1.82) is 0 Å². The molecule has 6 aliphatic rings. The molecule has 9 nitrogen and oxygen atoms in total. The SMILES string of the molecule is C[C@]12CC[C@H](NC(=O)N3CCCNCC3)C[C@H]1CC[C@@H]1[C@@H]2CC[C@]2(C)[C@@H](C3=CC(=O)OC3)[C@H](CC(=O)O)C[C@]12O. The average Bonchev–Trinajstić information content (AvgIpc) is 3.26. The van der Waals surface area contributed by atoms with Crippen LogP contribution in [0.3, 0.4) is 0 Å².